The molecule has 1 N–H and O–H groups in total. The molecule has 0 amide bonds. The van der Waals surface area contributed by atoms with Crippen LogP contribution in [0.3, 0.4) is 0 Å². The molecule has 1 heterocycles. The number of benzene rings is 1. The third kappa shape index (κ3) is 2.90. The predicted octanol–water partition coefficient (Wildman–Crippen LogP) is 2.41. The van der Waals surface area contributed by atoms with Crippen LogP contribution < -0.4 is 0 Å². The third-order valence-electron chi connectivity index (χ3n) is 2.88. The van der Waals surface area contributed by atoms with Gasteiger partial charge in [0, 0.05) is 22.0 Å². The zero-order valence-corrected chi connectivity index (χ0v) is 12.2. The quantitative estimate of drug-likeness (QED) is 0.866. The maximum absolute atomic E-state index is 11.9. The molecule has 0 bridgehead atoms. The van der Waals surface area contributed by atoms with Crippen molar-refractivity contribution in [1.29, 1.82) is 0 Å². The van der Waals surface area contributed by atoms with Crippen molar-refractivity contribution in [3.05, 3.63) is 33.8 Å². The summed E-state index contributed by atoms with van der Waals surface area (Å²) in [6, 6.07) is 4.91. The Kier molecular flexibility index (Phi) is 4.52. The van der Waals surface area contributed by atoms with Crippen molar-refractivity contribution in [3.8, 4) is 0 Å². The van der Waals surface area contributed by atoms with Gasteiger partial charge in [-0.25, -0.2) is 4.79 Å². The van der Waals surface area contributed by atoms with Crippen molar-refractivity contribution in [2.75, 3.05) is 13.2 Å². The highest BCUT2D eigenvalue weighted by Crippen LogP contribution is 2.30. The van der Waals surface area contributed by atoms with Gasteiger partial charge in [-0.3, -0.25) is 0 Å². The van der Waals surface area contributed by atoms with E-state index in [4.69, 9.17) is 32.8 Å². The molecular formula is C13H13Cl2NO4. The number of oxime groups is 1. The van der Waals surface area contributed by atoms with Gasteiger partial charge < -0.3 is 14.7 Å². The highest BCUT2D eigenvalue weighted by Gasteiger charge is 2.48. The molecule has 1 aliphatic heterocycles. The van der Waals surface area contributed by atoms with Crippen LogP contribution in [0.5, 0.6) is 0 Å². The topological polar surface area (TPSA) is 68.1 Å². The monoisotopic (exact) mass is 317 g/mol. The maximum Gasteiger partial charge on any atom is 0.356 e. The lowest BCUT2D eigenvalue weighted by molar-refractivity contribution is -0.173. The molecule has 0 aliphatic carbocycles. The van der Waals surface area contributed by atoms with Gasteiger partial charge in [0.15, 0.2) is 0 Å². The Morgan fingerprint density at radius 1 is 1.45 bits per heavy atom. The van der Waals surface area contributed by atoms with Crippen LogP contribution in [0.4, 0.5) is 0 Å². The minimum atomic E-state index is -1.49. The van der Waals surface area contributed by atoms with E-state index in [0.717, 1.165) is 0 Å². The van der Waals surface area contributed by atoms with Gasteiger partial charge in [0.25, 0.3) is 5.60 Å². The van der Waals surface area contributed by atoms with Gasteiger partial charge >= 0.3 is 5.97 Å². The van der Waals surface area contributed by atoms with Crippen LogP contribution in [0, 0.1) is 0 Å². The van der Waals surface area contributed by atoms with Gasteiger partial charge in [0.1, 0.15) is 0 Å². The molecule has 108 valence electrons. The number of aliphatic hydroxyl groups excluding tert-OH is 1. The summed E-state index contributed by atoms with van der Waals surface area (Å²) in [6.45, 7) is 1.35. The summed E-state index contributed by atoms with van der Waals surface area (Å²) < 4.78 is 4.90. The first-order valence-corrected chi connectivity index (χ1v) is 6.76. The van der Waals surface area contributed by atoms with E-state index in [1.165, 1.54) is 0 Å². The number of carbonyl (C=O) groups is 1. The Morgan fingerprint density at radius 3 is 2.65 bits per heavy atom. The first-order chi connectivity index (χ1) is 9.50. The van der Waals surface area contributed by atoms with Gasteiger partial charge in [-0.15, -0.1) is 0 Å². The van der Waals surface area contributed by atoms with Gasteiger partial charge in [0.2, 0.25) is 0 Å². The number of carbonyl (C=O) groups excluding carboxylic acids is 1. The molecule has 7 heteroatoms. The van der Waals surface area contributed by atoms with Crippen LogP contribution in [-0.2, 0) is 14.4 Å². The average molecular weight is 318 g/mol. The van der Waals surface area contributed by atoms with E-state index in [9.17, 15) is 9.90 Å². The molecule has 1 aromatic rings. The lowest BCUT2D eigenvalue weighted by atomic mass is 9.95. The van der Waals surface area contributed by atoms with Gasteiger partial charge in [-0.2, -0.15) is 0 Å². The van der Waals surface area contributed by atoms with Crippen molar-refractivity contribution >= 4 is 34.9 Å². The molecule has 5 nitrogen and oxygen atoms in total. The summed E-state index contributed by atoms with van der Waals surface area (Å²) in [5.74, 6) is -0.644. The van der Waals surface area contributed by atoms with E-state index in [0.29, 0.717) is 21.3 Å². The lowest BCUT2D eigenvalue weighted by Gasteiger charge is -2.21. The SMILES string of the molecule is CCOC(=O)C1(CO)CC(c2cc(Cl)cc(Cl)c2)=NO1. The highest BCUT2D eigenvalue weighted by atomic mass is 35.5. The minimum absolute atomic E-state index is 0.0962. The molecule has 1 aromatic carbocycles. The number of halogens is 2. The molecule has 2 rings (SSSR count). The number of ether oxygens (including phenoxy) is 1. The van der Waals surface area contributed by atoms with E-state index in [2.05, 4.69) is 5.16 Å². The molecule has 0 saturated heterocycles. The second-order valence-electron chi connectivity index (χ2n) is 4.34. The van der Waals surface area contributed by atoms with Crippen molar-refractivity contribution in [3.63, 3.8) is 0 Å². The van der Waals surface area contributed by atoms with E-state index in [-0.39, 0.29) is 13.0 Å². The zero-order chi connectivity index (χ0) is 14.8. The van der Waals surface area contributed by atoms with Crippen LogP contribution in [0.25, 0.3) is 0 Å². The fraction of sp³-hybridized carbons (Fsp3) is 0.385. The maximum atomic E-state index is 11.9. The number of hydrogen-bond donors (Lipinski definition) is 1. The summed E-state index contributed by atoms with van der Waals surface area (Å²) in [7, 11) is 0. The van der Waals surface area contributed by atoms with Gasteiger partial charge in [-0.1, -0.05) is 28.4 Å². The number of esters is 1. The fourth-order valence-corrected chi connectivity index (χ4v) is 2.40. The average Bonchev–Trinajstić information content (AvgIpc) is 2.83. The Bertz CT molecular complexity index is 541. The van der Waals surface area contributed by atoms with Gasteiger partial charge in [-0.05, 0) is 25.1 Å². The van der Waals surface area contributed by atoms with Crippen molar-refractivity contribution in [2.24, 2.45) is 5.16 Å². The smallest absolute Gasteiger partial charge is 0.356 e. The summed E-state index contributed by atoms with van der Waals surface area (Å²) in [5.41, 5.74) is -0.362. The summed E-state index contributed by atoms with van der Waals surface area (Å²) >= 11 is 11.8. The molecule has 1 aliphatic rings. The highest BCUT2D eigenvalue weighted by molar-refractivity contribution is 6.35. The second kappa shape index (κ2) is 5.99. The Morgan fingerprint density at radius 2 is 2.10 bits per heavy atom. The Labute approximate surface area is 126 Å². The molecule has 1 atom stereocenters. The molecule has 0 saturated carbocycles. The normalized spacial score (nSPS) is 21.3. The van der Waals surface area contributed by atoms with E-state index in [1.807, 2.05) is 0 Å². The van der Waals surface area contributed by atoms with Crippen LogP contribution in [0.2, 0.25) is 10.0 Å². The van der Waals surface area contributed by atoms with Crippen molar-refractivity contribution < 1.29 is 19.5 Å². The van der Waals surface area contributed by atoms with Crippen LogP contribution in [0.1, 0.15) is 18.9 Å². The van der Waals surface area contributed by atoms with Crippen LogP contribution in [0.15, 0.2) is 23.4 Å². The standard InChI is InChI=1S/C13H13Cl2NO4/c1-2-19-12(18)13(7-17)6-11(16-20-13)8-3-9(14)5-10(15)4-8/h3-5,17H,2,6-7H2,1H3. The lowest BCUT2D eigenvalue weighted by Crippen LogP contribution is -2.44. The number of hydrogen-bond acceptors (Lipinski definition) is 5. The second-order valence-corrected chi connectivity index (χ2v) is 5.21. The molecule has 20 heavy (non-hydrogen) atoms. The van der Waals surface area contributed by atoms with Crippen molar-refractivity contribution in [2.45, 2.75) is 18.9 Å². The third-order valence-corrected chi connectivity index (χ3v) is 3.32. The fourth-order valence-electron chi connectivity index (χ4n) is 1.87. The molecule has 0 spiro atoms. The predicted molar refractivity (Wildman–Crippen MR) is 75.2 cm³/mol. The van der Waals surface area contributed by atoms with Gasteiger partial charge in [0.05, 0.1) is 18.9 Å². The summed E-state index contributed by atoms with van der Waals surface area (Å²) in [6.07, 6.45) is 0.0962. The Hall–Kier alpha value is -1.30. The van der Waals surface area contributed by atoms with E-state index in [1.54, 1.807) is 25.1 Å². The molecular weight excluding hydrogens is 305 g/mol. The number of aliphatic hydroxyl groups is 1. The van der Waals surface area contributed by atoms with E-state index >= 15 is 0 Å². The number of nitrogens with zero attached hydrogens (tertiary/aromatic N) is 1. The van der Waals surface area contributed by atoms with Crippen molar-refractivity contribution in [1.82, 2.24) is 0 Å². The number of rotatable bonds is 4. The first-order valence-electron chi connectivity index (χ1n) is 6.00. The largest absolute Gasteiger partial charge is 0.463 e. The molecule has 1 unspecified atom stereocenters. The Balaban J connectivity index is 2.23. The molecule has 0 fully saturated rings. The summed E-state index contributed by atoms with van der Waals surface area (Å²) in [5, 5.41) is 14.2. The molecule has 0 aromatic heterocycles. The zero-order valence-electron chi connectivity index (χ0n) is 10.7. The van der Waals surface area contributed by atoms with Crippen LogP contribution >= 0.6 is 23.2 Å². The first kappa shape index (κ1) is 15.1. The minimum Gasteiger partial charge on any atom is -0.463 e. The van der Waals surface area contributed by atoms with Crippen LogP contribution in [-0.4, -0.2) is 35.6 Å². The summed E-state index contributed by atoms with van der Waals surface area (Å²) in [4.78, 5) is 17.0. The molecule has 0 radical (unpaired) electrons. The van der Waals surface area contributed by atoms with E-state index < -0.39 is 18.2 Å².